The molecule has 2 aromatic heterocycles. The smallest absolute Gasteiger partial charge is 0.134 e. The van der Waals surface area contributed by atoms with Crippen LogP contribution >= 0.6 is 11.6 Å². The number of aryl methyl sites for hydroxylation is 3. The van der Waals surface area contributed by atoms with Crippen molar-refractivity contribution in [3.63, 3.8) is 0 Å². The Kier molecular flexibility index (Phi) is 4.06. The van der Waals surface area contributed by atoms with Crippen LogP contribution in [0.25, 0.3) is 0 Å². The van der Waals surface area contributed by atoms with E-state index in [-0.39, 0.29) is 6.04 Å². The summed E-state index contributed by atoms with van der Waals surface area (Å²) >= 11 is 6.10. The fourth-order valence-corrected chi connectivity index (χ4v) is 3.27. The molecule has 0 aromatic carbocycles. The molecule has 0 spiro atoms. The summed E-state index contributed by atoms with van der Waals surface area (Å²) in [5.74, 6) is 1.51. The molecule has 7 heteroatoms. The highest BCUT2D eigenvalue weighted by atomic mass is 35.5. The molecule has 22 heavy (non-hydrogen) atoms. The van der Waals surface area contributed by atoms with Crippen molar-refractivity contribution in [2.24, 2.45) is 7.05 Å². The average Bonchev–Trinajstić information content (AvgIpc) is 2.71. The number of morpholine rings is 1. The second-order valence-electron chi connectivity index (χ2n) is 5.59. The Morgan fingerprint density at radius 2 is 2.05 bits per heavy atom. The summed E-state index contributed by atoms with van der Waals surface area (Å²) in [6.45, 7) is 8.04. The summed E-state index contributed by atoms with van der Waals surface area (Å²) in [4.78, 5) is 10.9. The minimum Gasteiger partial charge on any atom is -0.377 e. The minimum absolute atomic E-state index is 0.0906. The van der Waals surface area contributed by atoms with Crippen LogP contribution in [-0.4, -0.2) is 39.5 Å². The predicted molar refractivity (Wildman–Crippen MR) is 85.4 cm³/mol. The van der Waals surface area contributed by atoms with Gasteiger partial charge in [-0.3, -0.25) is 4.68 Å². The number of halogens is 1. The molecule has 3 heterocycles. The Labute approximate surface area is 135 Å². The number of nitrogens with zero attached hydrogens (tertiary/aromatic N) is 5. The Bertz CT molecular complexity index is 679. The van der Waals surface area contributed by atoms with E-state index in [1.165, 1.54) is 5.56 Å². The third-order valence-corrected chi connectivity index (χ3v) is 4.31. The Balaban J connectivity index is 2.04. The second kappa shape index (κ2) is 5.85. The lowest BCUT2D eigenvalue weighted by atomic mass is 10.0. The molecule has 0 radical (unpaired) electrons. The van der Waals surface area contributed by atoms with Crippen LogP contribution in [0.1, 0.15) is 28.8 Å². The van der Waals surface area contributed by atoms with Gasteiger partial charge in [0.2, 0.25) is 0 Å². The van der Waals surface area contributed by atoms with Crippen molar-refractivity contribution in [2.45, 2.75) is 26.8 Å². The quantitative estimate of drug-likeness (QED) is 0.795. The standard InChI is InChI=1S/C15H20ClN5O/c1-9-15(10(2)20(4)19-9)12-8-22-6-5-21(12)14-7-13(16)17-11(3)18-14/h7,12H,5-6,8H2,1-4H3/t12-/m0/s1. The van der Waals surface area contributed by atoms with E-state index < -0.39 is 0 Å². The first kappa shape index (κ1) is 15.2. The molecule has 6 nitrogen and oxygen atoms in total. The summed E-state index contributed by atoms with van der Waals surface area (Å²) in [5, 5.41) is 4.99. The summed E-state index contributed by atoms with van der Waals surface area (Å²) in [5.41, 5.74) is 3.38. The van der Waals surface area contributed by atoms with E-state index in [1.54, 1.807) is 0 Å². The fourth-order valence-electron chi connectivity index (χ4n) is 3.05. The van der Waals surface area contributed by atoms with Crippen LogP contribution in [0.4, 0.5) is 5.82 Å². The van der Waals surface area contributed by atoms with Crippen LogP contribution in [0.2, 0.25) is 5.15 Å². The van der Waals surface area contributed by atoms with Gasteiger partial charge >= 0.3 is 0 Å². The summed E-state index contributed by atoms with van der Waals surface area (Å²) in [7, 11) is 1.96. The first-order valence-corrected chi connectivity index (χ1v) is 7.71. The Hall–Kier alpha value is -1.66. The van der Waals surface area contributed by atoms with E-state index in [4.69, 9.17) is 16.3 Å². The van der Waals surface area contributed by atoms with Crippen molar-refractivity contribution in [3.8, 4) is 0 Å². The van der Waals surface area contributed by atoms with Gasteiger partial charge in [0.15, 0.2) is 0 Å². The first-order valence-electron chi connectivity index (χ1n) is 7.33. The third kappa shape index (κ3) is 2.68. The zero-order valence-corrected chi connectivity index (χ0v) is 14.1. The van der Waals surface area contributed by atoms with Crippen molar-refractivity contribution in [1.29, 1.82) is 0 Å². The molecule has 0 amide bonds. The van der Waals surface area contributed by atoms with Gasteiger partial charge in [0.05, 0.1) is 24.9 Å². The minimum atomic E-state index is 0.0906. The van der Waals surface area contributed by atoms with Gasteiger partial charge in [-0.2, -0.15) is 5.10 Å². The highest BCUT2D eigenvalue weighted by molar-refractivity contribution is 6.29. The van der Waals surface area contributed by atoms with Crippen LogP contribution in [0.15, 0.2) is 6.07 Å². The van der Waals surface area contributed by atoms with Gasteiger partial charge in [0, 0.05) is 30.9 Å². The maximum absolute atomic E-state index is 6.10. The van der Waals surface area contributed by atoms with Crippen molar-refractivity contribution in [2.75, 3.05) is 24.7 Å². The van der Waals surface area contributed by atoms with Gasteiger partial charge in [-0.15, -0.1) is 0 Å². The van der Waals surface area contributed by atoms with Crippen LogP contribution in [0.5, 0.6) is 0 Å². The van der Waals surface area contributed by atoms with Crippen LogP contribution in [0, 0.1) is 20.8 Å². The molecule has 1 aliphatic rings. The van der Waals surface area contributed by atoms with Gasteiger partial charge in [0.25, 0.3) is 0 Å². The number of aromatic nitrogens is 4. The summed E-state index contributed by atoms with van der Waals surface area (Å²) in [6, 6.07) is 1.90. The highest BCUT2D eigenvalue weighted by Gasteiger charge is 2.30. The van der Waals surface area contributed by atoms with E-state index in [0.29, 0.717) is 24.2 Å². The molecule has 0 aliphatic carbocycles. The first-order chi connectivity index (χ1) is 10.5. The second-order valence-corrected chi connectivity index (χ2v) is 5.98. The molecule has 1 aliphatic heterocycles. The van der Waals surface area contributed by atoms with Crippen molar-refractivity contribution in [3.05, 3.63) is 34.0 Å². The van der Waals surface area contributed by atoms with E-state index in [2.05, 4.69) is 26.9 Å². The van der Waals surface area contributed by atoms with Crippen LogP contribution in [0.3, 0.4) is 0 Å². The van der Waals surface area contributed by atoms with Crippen molar-refractivity contribution < 1.29 is 4.74 Å². The lowest BCUT2D eigenvalue weighted by Crippen LogP contribution is -2.40. The molecule has 0 N–H and O–H groups in total. The Morgan fingerprint density at radius 1 is 1.27 bits per heavy atom. The van der Waals surface area contributed by atoms with E-state index in [0.717, 1.165) is 23.8 Å². The maximum Gasteiger partial charge on any atom is 0.134 e. The number of anilines is 1. The molecule has 1 fully saturated rings. The normalized spacial score (nSPS) is 18.8. The molecule has 0 saturated carbocycles. The van der Waals surface area contributed by atoms with Gasteiger partial charge < -0.3 is 9.64 Å². The molecule has 0 bridgehead atoms. The topological polar surface area (TPSA) is 56.1 Å². The van der Waals surface area contributed by atoms with Crippen LogP contribution in [-0.2, 0) is 11.8 Å². The van der Waals surface area contributed by atoms with Crippen molar-refractivity contribution >= 4 is 17.4 Å². The fraction of sp³-hybridized carbons (Fsp3) is 0.533. The zero-order valence-electron chi connectivity index (χ0n) is 13.3. The third-order valence-electron chi connectivity index (χ3n) is 4.11. The average molecular weight is 322 g/mol. The molecule has 0 unspecified atom stereocenters. The Morgan fingerprint density at radius 3 is 2.68 bits per heavy atom. The van der Waals surface area contributed by atoms with E-state index in [1.807, 2.05) is 31.6 Å². The summed E-state index contributed by atoms with van der Waals surface area (Å²) < 4.78 is 7.63. The largest absolute Gasteiger partial charge is 0.377 e. The number of ether oxygens (including phenoxy) is 1. The summed E-state index contributed by atoms with van der Waals surface area (Å²) in [6.07, 6.45) is 0. The van der Waals surface area contributed by atoms with E-state index in [9.17, 15) is 0 Å². The monoisotopic (exact) mass is 321 g/mol. The molecule has 118 valence electrons. The van der Waals surface area contributed by atoms with Crippen LogP contribution < -0.4 is 4.90 Å². The van der Waals surface area contributed by atoms with Gasteiger partial charge in [-0.25, -0.2) is 9.97 Å². The highest BCUT2D eigenvalue weighted by Crippen LogP contribution is 2.32. The van der Waals surface area contributed by atoms with Gasteiger partial charge in [0.1, 0.15) is 16.8 Å². The van der Waals surface area contributed by atoms with E-state index >= 15 is 0 Å². The molecule has 1 saturated heterocycles. The van der Waals surface area contributed by atoms with Gasteiger partial charge in [-0.05, 0) is 20.8 Å². The number of hydrogen-bond acceptors (Lipinski definition) is 5. The predicted octanol–water partition coefficient (Wildman–Crippen LogP) is 2.37. The number of rotatable bonds is 2. The van der Waals surface area contributed by atoms with Crippen molar-refractivity contribution in [1.82, 2.24) is 19.7 Å². The van der Waals surface area contributed by atoms with Gasteiger partial charge in [-0.1, -0.05) is 11.6 Å². The molecule has 1 atom stereocenters. The zero-order chi connectivity index (χ0) is 15.9. The molecular weight excluding hydrogens is 302 g/mol. The SMILES string of the molecule is Cc1nc(Cl)cc(N2CCOC[C@H]2c2c(C)nn(C)c2C)n1. The molecular formula is C15H20ClN5O. The molecule has 3 rings (SSSR count). The lowest BCUT2D eigenvalue weighted by molar-refractivity contribution is 0.0933. The maximum atomic E-state index is 6.10. The number of hydrogen-bond donors (Lipinski definition) is 0. The molecule has 2 aromatic rings. The lowest BCUT2D eigenvalue weighted by Gasteiger charge is -2.37.